The van der Waals surface area contributed by atoms with Gasteiger partial charge in [0.2, 0.25) is 0 Å². The van der Waals surface area contributed by atoms with Gasteiger partial charge in [-0.2, -0.15) is 0 Å². The Morgan fingerprint density at radius 3 is 2.30 bits per heavy atom. The van der Waals surface area contributed by atoms with Crippen molar-refractivity contribution in [3.8, 4) is 5.75 Å². The van der Waals surface area contributed by atoms with Gasteiger partial charge in [-0.3, -0.25) is 4.90 Å². The molecule has 1 saturated heterocycles. The molecule has 0 amide bonds. The third kappa shape index (κ3) is 5.44. The summed E-state index contributed by atoms with van der Waals surface area (Å²) in [5, 5.41) is 7.41. The number of nitrogens with one attached hydrogen (secondary N) is 2. The molecular weight excluding hydrogens is 354 g/mol. The van der Waals surface area contributed by atoms with E-state index in [0.717, 1.165) is 31.1 Å². The molecule has 1 aliphatic heterocycles. The Morgan fingerprint density at radius 1 is 1.07 bits per heavy atom. The van der Waals surface area contributed by atoms with Crippen LogP contribution in [0.2, 0.25) is 0 Å². The maximum Gasteiger partial charge on any atom is 0.170 e. The molecule has 1 unspecified atom stereocenters. The highest BCUT2D eigenvalue weighted by Crippen LogP contribution is 2.26. The van der Waals surface area contributed by atoms with Crippen molar-refractivity contribution in [2.24, 2.45) is 0 Å². The quantitative estimate of drug-likeness (QED) is 0.722. The van der Waals surface area contributed by atoms with E-state index in [0.29, 0.717) is 11.2 Å². The molecule has 1 heterocycles. The number of nitrogens with zero attached hydrogens (tertiary/aromatic N) is 1. The second kappa shape index (κ2) is 9.20. The van der Waals surface area contributed by atoms with Crippen molar-refractivity contribution < 1.29 is 4.74 Å². The van der Waals surface area contributed by atoms with Crippen LogP contribution >= 0.6 is 12.2 Å². The molecular formula is C22H29N3OS. The van der Waals surface area contributed by atoms with E-state index in [1.165, 1.54) is 29.5 Å². The molecule has 0 radical (unpaired) electrons. The summed E-state index contributed by atoms with van der Waals surface area (Å²) < 4.78 is 5.30. The van der Waals surface area contributed by atoms with E-state index in [4.69, 9.17) is 17.0 Å². The average molecular weight is 384 g/mol. The number of ether oxygens (including phenoxy) is 1. The smallest absolute Gasteiger partial charge is 0.170 e. The van der Waals surface area contributed by atoms with E-state index in [1.807, 2.05) is 12.1 Å². The van der Waals surface area contributed by atoms with Crippen molar-refractivity contribution in [2.75, 3.05) is 32.1 Å². The molecule has 27 heavy (non-hydrogen) atoms. The van der Waals surface area contributed by atoms with Crippen LogP contribution < -0.4 is 15.4 Å². The van der Waals surface area contributed by atoms with E-state index in [2.05, 4.69) is 59.7 Å². The largest absolute Gasteiger partial charge is 0.497 e. The van der Waals surface area contributed by atoms with Crippen LogP contribution in [0.15, 0.2) is 42.5 Å². The van der Waals surface area contributed by atoms with Crippen molar-refractivity contribution in [1.29, 1.82) is 0 Å². The van der Waals surface area contributed by atoms with Gasteiger partial charge in [0.1, 0.15) is 5.75 Å². The third-order valence-corrected chi connectivity index (χ3v) is 5.26. The van der Waals surface area contributed by atoms with Crippen molar-refractivity contribution in [3.05, 3.63) is 59.2 Å². The summed E-state index contributed by atoms with van der Waals surface area (Å²) >= 11 is 5.54. The molecule has 1 fully saturated rings. The summed E-state index contributed by atoms with van der Waals surface area (Å²) in [7, 11) is 1.70. The lowest BCUT2D eigenvalue weighted by Gasteiger charge is -2.29. The van der Waals surface area contributed by atoms with Crippen molar-refractivity contribution in [1.82, 2.24) is 10.2 Å². The molecule has 0 aliphatic carbocycles. The van der Waals surface area contributed by atoms with Gasteiger partial charge < -0.3 is 15.4 Å². The van der Waals surface area contributed by atoms with Gasteiger partial charge in [-0.15, -0.1) is 0 Å². The molecule has 2 aromatic rings. The molecule has 3 rings (SSSR count). The van der Waals surface area contributed by atoms with Gasteiger partial charge in [0, 0.05) is 12.2 Å². The standard InChI is InChI=1S/C22H29N3OS/c1-16-12-17(2)14-19(13-16)24-22(27)23-15-21(25-10-4-5-11-25)18-6-8-20(26-3)9-7-18/h6-9,12-14,21H,4-5,10-11,15H2,1-3H3,(H2,23,24,27). The van der Waals surface area contributed by atoms with Gasteiger partial charge in [0.25, 0.3) is 0 Å². The maximum atomic E-state index is 5.54. The highest BCUT2D eigenvalue weighted by Gasteiger charge is 2.23. The lowest BCUT2D eigenvalue weighted by molar-refractivity contribution is 0.246. The van der Waals surface area contributed by atoms with E-state index >= 15 is 0 Å². The fourth-order valence-corrected chi connectivity index (χ4v) is 3.95. The van der Waals surface area contributed by atoms with Crippen molar-refractivity contribution in [2.45, 2.75) is 32.7 Å². The molecule has 144 valence electrons. The van der Waals surface area contributed by atoms with Crippen LogP contribution in [0.1, 0.15) is 35.6 Å². The number of hydrogen-bond acceptors (Lipinski definition) is 3. The van der Waals surface area contributed by atoms with Crippen LogP contribution in [0.3, 0.4) is 0 Å². The zero-order chi connectivity index (χ0) is 19.2. The summed E-state index contributed by atoms with van der Waals surface area (Å²) in [5.41, 5.74) is 4.79. The van der Waals surface area contributed by atoms with Crippen LogP contribution in [0, 0.1) is 13.8 Å². The lowest BCUT2D eigenvalue weighted by Crippen LogP contribution is -2.38. The first kappa shape index (κ1) is 19.6. The highest BCUT2D eigenvalue weighted by atomic mass is 32.1. The first-order valence-electron chi connectivity index (χ1n) is 9.56. The Kier molecular flexibility index (Phi) is 6.69. The number of methoxy groups -OCH3 is 1. The SMILES string of the molecule is COc1ccc(C(CNC(=S)Nc2cc(C)cc(C)c2)N2CCCC2)cc1. The predicted octanol–water partition coefficient (Wildman–Crippen LogP) is 4.44. The van der Waals surface area contributed by atoms with Crippen molar-refractivity contribution in [3.63, 3.8) is 0 Å². The van der Waals surface area contributed by atoms with Gasteiger partial charge in [-0.05, 0) is 93.0 Å². The first-order chi connectivity index (χ1) is 13.0. The van der Waals surface area contributed by atoms with Crippen LogP contribution in [0.25, 0.3) is 0 Å². The van der Waals surface area contributed by atoms with E-state index in [1.54, 1.807) is 7.11 Å². The molecule has 0 saturated carbocycles. The molecule has 5 heteroatoms. The molecule has 4 nitrogen and oxygen atoms in total. The number of hydrogen-bond donors (Lipinski definition) is 2. The zero-order valence-electron chi connectivity index (χ0n) is 16.4. The molecule has 2 aromatic carbocycles. The van der Waals surface area contributed by atoms with Gasteiger partial charge in [-0.1, -0.05) is 18.2 Å². The second-order valence-corrected chi connectivity index (χ2v) is 7.65. The fourth-order valence-electron chi connectivity index (χ4n) is 3.75. The van der Waals surface area contributed by atoms with Crippen LogP contribution in [-0.4, -0.2) is 36.8 Å². The van der Waals surface area contributed by atoms with Crippen LogP contribution in [-0.2, 0) is 0 Å². The molecule has 0 aromatic heterocycles. The monoisotopic (exact) mass is 383 g/mol. The molecule has 1 atom stereocenters. The summed E-state index contributed by atoms with van der Waals surface area (Å²) in [6, 6.07) is 15.1. The minimum atomic E-state index is 0.303. The van der Waals surface area contributed by atoms with Gasteiger partial charge in [-0.25, -0.2) is 0 Å². The lowest BCUT2D eigenvalue weighted by atomic mass is 10.1. The topological polar surface area (TPSA) is 36.5 Å². The Labute approximate surface area is 167 Å². The molecule has 1 aliphatic rings. The van der Waals surface area contributed by atoms with E-state index in [-0.39, 0.29) is 0 Å². The molecule has 2 N–H and O–H groups in total. The van der Waals surface area contributed by atoms with Crippen LogP contribution in [0.5, 0.6) is 5.75 Å². The summed E-state index contributed by atoms with van der Waals surface area (Å²) in [5.74, 6) is 0.888. The summed E-state index contributed by atoms with van der Waals surface area (Å²) in [6.07, 6.45) is 2.52. The van der Waals surface area contributed by atoms with Gasteiger partial charge >= 0.3 is 0 Å². The van der Waals surface area contributed by atoms with Crippen molar-refractivity contribution >= 4 is 23.0 Å². The fraction of sp³-hybridized carbons (Fsp3) is 0.409. The predicted molar refractivity (Wildman–Crippen MR) is 117 cm³/mol. The molecule has 0 spiro atoms. The number of anilines is 1. The minimum Gasteiger partial charge on any atom is -0.497 e. The second-order valence-electron chi connectivity index (χ2n) is 7.24. The summed E-state index contributed by atoms with van der Waals surface area (Å²) in [4.78, 5) is 2.54. The normalized spacial score (nSPS) is 15.4. The zero-order valence-corrected chi connectivity index (χ0v) is 17.2. The Bertz CT molecular complexity index is 749. The molecule has 0 bridgehead atoms. The minimum absolute atomic E-state index is 0.303. The summed E-state index contributed by atoms with van der Waals surface area (Å²) in [6.45, 7) is 7.25. The Hall–Kier alpha value is -2.11. The first-order valence-corrected chi connectivity index (χ1v) is 9.97. The van der Waals surface area contributed by atoms with Gasteiger partial charge in [0.15, 0.2) is 5.11 Å². The number of aryl methyl sites for hydroxylation is 2. The number of benzene rings is 2. The highest BCUT2D eigenvalue weighted by molar-refractivity contribution is 7.80. The average Bonchev–Trinajstić information content (AvgIpc) is 3.16. The Balaban J connectivity index is 1.65. The number of rotatable bonds is 6. The third-order valence-electron chi connectivity index (χ3n) is 5.02. The van der Waals surface area contributed by atoms with E-state index < -0.39 is 0 Å². The van der Waals surface area contributed by atoms with Gasteiger partial charge in [0.05, 0.1) is 13.2 Å². The number of likely N-dealkylation sites (tertiary alicyclic amines) is 1. The maximum absolute atomic E-state index is 5.54. The van der Waals surface area contributed by atoms with E-state index in [9.17, 15) is 0 Å². The number of thiocarbonyl (C=S) groups is 1. The van der Waals surface area contributed by atoms with Crippen LogP contribution in [0.4, 0.5) is 5.69 Å². The Morgan fingerprint density at radius 2 is 1.70 bits per heavy atom.